The van der Waals surface area contributed by atoms with E-state index in [2.05, 4.69) is 5.32 Å². The van der Waals surface area contributed by atoms with Gasteiger partial charge in [-0.2, -0.15) is 5.26 Å². The number of nitrogens with zero attached hydrogens (tertiary/aromatic N) is 1. The third-order valence-corrected chi connectivity index (χ3v) is 2.54. The molecule has 19 heavy (non-hydrogen) atoms. The summed E-state index contributed by atoms with van der Waals surface area (Å²) in [4.78, 5) is 11.8. The van der Waals surface area contributed by atoms with Crippen molar-refractivity contribution in [2.24, 2.45) is 5.92 Å². The SMILES string of the molecule is N#CC(Cc1ccccc1)C(=O)NCCOCCO. The molecule has 0 aromatic heterocycles. The van der Waals surface area contributed by atoms with Crippen LogP contribution in [0.3, 0.4) is 0 Å². The van der Waals surface area contributed by atoms with E-state index in [9.17, 15) is 4.79 Å². The van der Waals surface area contributed by atoms with Gasteiger partial charge in [-0.25, -0.2) is 0 Å². The van der Waals surface area contributed by atoms with Crippen molar-refractivity contribution in [2.75, 3.05) is 26.4 Å². The molecule has 0 bridgehead atoms. The highest BCUT2D eigenvalue weighted by molar-refractivity contribution is 5.81. The van der Waals surface area contributed by atoms with Crippen LogP contribution in [0.25, 0.3) is 0 Å². The Labute approximate surface area is 112 Å². The molecule has 2 N–H and O–H groups in total. The summed E-state index contributed by atoms with van der Waals surface area (Å²) >= 11 is 0. The number of hydrogen-bond acceptors (Lipinski definition) is 4. The summed E-state index contributed by atoms with van der Waals surface area (Å²) in [6, 6.07) is 11.4. The van der Waals surface area contributed by atoms with Crippen LogP contribution in [0.1, 0.15) is 5.56 Å². The minimum atomic E-state index is -0.694. The predicted molar refractivity (Wildman–Crippen MR) is 70.2 cm³/mol. The van der Waals surface area contributed by atoms with E-state index in [0.717, 1.165) is 5.56 Å². The average Bonchev–Trinajstić information content (AvgIpc) is 2.45. The number of nitrogens with one attached hydrogen (secondary N) is 1. The van der Waals surface area contributed by atoms with E-state index in [-0.39, 0.29) is 19.1 Å². The van der Waals surface area contributed by atoms with Gasteiger partial charge in [-0.05, 0) is 12.0 Å². The van der Waals surface area contributed by atoms with Gasteiger partial charge in [0.1, 0.15) is 5.92 Å². The summed E-state index contributed by atoms with van der Waals surface area (Å²) in [5.41, 5.74) is 0.959. The number of nitriles is 1. The maximum Gasteiger partial charge on any atom is 0.237 e. The lowest BCUT2D eigenvalue weighted by Gasteiger charge is -2.10. The van der Waals surface area contributed by atoms with Crippen LogP contribution in [-0.4, -0.2) is 37.4 Å². The zero-order valence-corrected chi connectivity index (χ0v) is 10.7. The van der Waals surface area contributed by atoms with Gasteiger partial charge in [0.15, 0.2) is 0 Å². The Balaban J connectivity index is 2.34. The molecule has 1 unspecified atom stereocenters. The Morgan fingerprint density at radius 2 is 2.11 bits per heavy atom. The van der Waals surface area contributed by atoms with Crippen molar-refractivity contribution in [1.82, 2.24) is 5.32 Å². The molecule has 0 radical (unpaired) electrons. The topological polar surface area (TPSA) is 82.4 Å². The van der Waals surface area contributed by atoms with Crippen molar-refractivity contribution in [3.63, 3.8) is 0 Å². The maximum absolute atomic E-state index is 11.8. The van der Waals surface area contributed by atoms with Gasteiger partial charge in [0, 0.05) is 6.54 Å². The van der Waals surface area contributed by atoms with Crippen molar-refractivity contribution in [2.45, 2.75) is 6.42 Å². The molecule has 5 nitrogen and oxygen atoms in total. The highest BCUT2D eigenvalue weighted by Crippen LogP contribution is 2.08. The Morgan fingerprint density at radius 1 is 1.37 bits per heavy atom. The quantitative estimate of drug-likeness (QED) is 0.668. The summed E-state index contributed by atoms with van der Waals surface area (Å²) in [7, 11) is 0. The molecule has 1 atom stereocenters. The van der Waals surface area contributed by atoms with Gasteiger partial charge in [-0.3, -0.25) is 4.79 Å². The second-order valence-electron chi connectivity index (χ2n) is 4.00. The number of amides is 1. The van der Waals surface area contributed by atoms with Crippen molar-refractivity contribution < 1.29 is 14.6 Å². The van der Waals surface area contributed by atoms with E-state index < -0.39 is 5.92 Å². The fraction of sp³-hybridized carbons (Fsp3) is 0.429. The molecule has 1 amide bonds. The zero-order chi connectivity index (χ0) is 13.9. The maximum atomic E-state index is 11.8. The molecule has 102 valence electrons. The largest absolute Gasteiger partial charge is 0.394 e. The van der Waals surface area contributed by atoms with Gasteiger partial charge < -0.3 is 15.2 Å². The first-order valence-corrected chi connectivity index (χ1v) is 6.17. The van der Waals surface area contributed by atoms with Crippen LogP contribution in [0.2, 0.25) is 0 Å². The van der Waals surface area contributed by atoms with Crippen LogP contribution in [0, 0.1) is 17.2 Å². The molecule has 1 rings (SSSR count). The molecule has 0 aliphatic heterocycles. The first kappa shape index (κ1) is 15.2. The summed E-state index contributed by atoms with van der Waals surface area (Å²) in [6.45, 7) is 0.881. The number of carbonyl (C=O) groups is 1. The normalized spacial score (nSPS) is 11.6. The van der Waals surface area contributed by atoms with Crippen molar-refractivity contribution in [3.8, 4) is 6.07 Å². The van der Waals surface area contributed by atoms with E-state index in [0.29, 0.717) is 19.6 Å². The third-order valence-electron chi connectivity index (χ3n) is 2.54. The molecule has 0 heterocycles. The van der Waals surface area contributed by atoms with E-state index in [4.69, 9.17) is 15.1 Å². The number of rotatable bonds is 8. The van der Waals surface area contributed by atoms with E-state index in [1.807, 2.05) is 36.4 Å². The van der Waals surface area contributed by atoms with E-state index in [1.165, 1.54) is 0 Å². The Kier molecular flexibility index (Phi) is 7.25. The van der Waals surface area contributed by atoms with Crippen LogP contribution in [0.5, 0.6) is 0 Å². The van der Waals surface area contributed by atoms with Gasteiger partial charge >= 0.3 is 0 Å². The fourth-order valence-electron chi connectivity index (χ4n) is 1.58. The lowest BCUT2D eigenvalue weighted by atomic mass is 10.00. The van der Waals surface area contributed by atoms with Crippen LogP contribution >= 0.6 is 0 Å². The Hall–Kier alpha value is -1.90. The van der Waals surface area contributed by atoms with E-state index in [1.54, 1.807) is 0 Å². The van der Waals surface area contributed by atoms with Gasteiger partial charge in [0.25, 0.3) is 0 Å². The molecule has 0 aliphatic rings. The number of aliphatic hydroxyl groups is 1. The Bertz CT molecular complexity index is 414. The lowest BCUT2D eigenvalue weighted by molar-refractivity contribution is -0.123. The van der Waals surface area contributed by atoms with Gasteiger partial charge in [0.2, 0.25) is 5.91 Å². The second-order valence-corrected chi connectivity index (χ2v) is 4.00. The van der Waals surface area contributed by atoms with Crippen LogP contribution in [0.15, 0.2) is 30.3 Å². The van der Waals surface area contributed by atoms with Gasteiger partial charge in [0.05, 0.1) is 25.9 Å². The number of carbonyl (C=O) groups excluding carboxylic acids is 1. The average molecular weight is 262 g/mol. The summed E-state index contributed by atoms with van der Waals surface area (Å²) in [5.74, 6) is -0.987. The summed E-state index contributed by atoms with van der Waals surface area (Å²) in [5, 5.41) is 20.2. The predicted octanol–water partition coefficient (Wildman–Crippen LogP) is 0.494. The number of aliphatic hydroxyl groups excluding tert-OH is 1. The molecule has 0 fully saturated rings. The minimum Gasteiger partial charge on any atom is -0.394 e. The lowest BCUT2D eigenvalue weighted by Crippen LogP contribution is -2.33. The number of ether oxygens (including phenoxy) is 1. The molecule has 0 aliphatic carbocycles. The highest BCUT2D eigenvalue weighted by atomic mass is 16.5. The van der Waals surface area contributed by atoms with Gasteiger partial charge in [-0.15, -0.1) is 0 Å². The smallest absolute Gasteiger partial charge is 0.237 e. The zero-order valence-electron chi connectivity index (χ0n) is 10.7. The van der Waals surface area contributed by atoms with Crippen LogP contribution in [0.4, 0.5) is 0 Å². The molecule has 5 heteroatoms. The van der Waals surface area contributed by atoms with Gasteiger partial charge in [-0.1, -0.05) is 30.3 Å². The van der Waals surface area contributed by atoms with E-state index >= 15 is 0 Å². The minimum absolute atomic E-state index is 0.0389. The first-order chi connectivity index (χ1) is 9.27. The summed E-state index contributed by atoms with van der Waals surface area (Å²) in [6.07, 6.45) is 0.403. The van der Waals surface area contributed by atoms with Crippen LogP contribution < -0.4 is 5.32 Å². The van der Waals surface area contributed by atoms with Crippen molar-refractivity contribution in [1.29, 1.82) is 5.26 Å². The molecule has 1 aromatic rings. The number of benzene rings is 1. The van der Waals surface area contributed by atoms with Crippen LogP contribution in [-0.2, 0) is 16.0 Å². The molecule has 0 spiro atoms. The first-order valence-electron chi connectivity index (χ1n) is 6.17. The van der Waals surface area contributed by atoms with Crippen molar-refractivity contribution in [3.05, 3.63) is 35.9 Å². The standard InChI is InChI=1S/C14H18N2O3/c15-11-13(10-12-4-2-1-3-5-12)14(18)16-6-8-19-9-7-17/h1-5,13,17H,6-10H2,(H,16,18). The second kappa shape index (κ2) is 9.09. The number of hydrogen-bond donors (Lipinski definition) is 2. The van der Waals surface area contributed by atoms with Crippen molar-refractivity contribution >= 4 is 5.91 Å². The summed E-state index contributed by atoms with van der Waals surface area (Å²) < 4.78 is 5.02. The third kappa shape index (κ3) is 6.00. The highest BCUT2D eigenvalue weighted by Gasteiger charge is 2.17. The monoisotopic (exact) mass is 262 g/mol. The molecule has 0 saturated heterocycles. The molecule has 0 saturated carbocycles. The molecule has 1 aromatic carbocycles. The fourth-order valence-corrected chi connectivity index (χ4v) is 1.58. The molecular formula is C14H18N2O3. The Morgan fingerprint density at radius 3 is 2.74 bits per heavy atom. The molecular weight excluding hydrogens is 244 g/mol.